The van der Waals surface area contributed by atoms with Gasteiger partial charge in [-0.3, -0.25) is 11.3 Å². The zero-order chi connectivity index (χ0) is 15.2. The molecule has 2 aromatic carbocycles. The van der Waals surface area contributed by atoms with Crippen LogP contribution in [0.2, 0.25) is 5.02 Å². The Morgan fingerprint density at radius 3 is 2.81 bits per heavy atom. The maximum atomic E-state index is 13.8. The summed E-state index contributed by atoms with van der Waals surface area (Å²) in [5, 5.41) is 0.505. The van der Waals surface area contributed by atoms with Crippen molar-refractivity contribution in [2.75, 3.05) is 6.61 Å². The summed E-state index contributed by atoms with van der Waals surface area (Å²) in [4.78, 5) is 0. The lowest BCUT2D eigenvalue weighted by Gasteiger charge is -2.18. The number of nitrogens with one attached hydrogen (secondary N) is 1. The molecule has 0 aliphatic rings. The molecule has 1 atom stereocenters. The average Bonchev–Trinajstić information content (AvgIpc) is 2.49. The van der Waals surface area contributed by atoms with Crippen molar-refractivity contribution in [1.82, 2.24) is 5.43 Å². The van der Waals surface area contributed by atoms with E-state index in [1.807, 2.05) is 31.2 Å². The van der Waals surface area contributed by atoms with Crippen molar-refractivity contribution >= 4 is 11.6 Å². The van der Waals surface area contributed by atoms with E-state index in [2.05, 4.69) is 5.43 Å². The minimum absolute atomic E-state index is 0.224. The summed E-state index contributed by atoms with van der Waals surface area (Å²) in [5.41, 5.74) is 4.17. The monoisotopic (exact) mass is 308 g/mol. The second-order valence-electron chi connectivity index (χ2n) is 4.66. The lowest BCUT2D eigenvalue weighted by atomic mass is 9.99. The Morgan fingerprint density at radius 1 is 1.29 bits per heavy atom. The van der Waals surface area contributed by atoms with E-state index < -0.39 is 0 Å². The van der Waals surface area contributed by atoms with E-state index in [9.17, 15) is 4.39 Å². The predicted octanol–water partition coefficient (Wildman–Crippen LogP) is 3.62. The predicted molar refractivity (Wildman–Crippen MR) is 82.8 cm³/mol. The molecule has 0 saturated heterocycles. The molecular formula is C16H18ClFN2O. The van der Waals surface area contributed by atoms with E-state index in [4.69, 9.17) is 22.2 Å². The van der Waals surface area contributed by atoms with Crippen LogP contribution in [0.25, 0.3) is 0 Å². The number of halogens is 2. The first kappa shape index (κ1) is 15.8. The molecule has 0 spiro atoms. The normalized spacial score (nSPS) is 12.2. The molecule has 0 fully saturated rings. The molecule has 3 nitrogen and oxygen atoms in total. The first-order valence-corrected chi connectivity index (χ1v) is 7.14. The fourth-order valence-electron chi connectivity index (χ4n) is 2.18. The highest BCUT2D eigenvalue weighted by molar-refractivity contribution is 6.30. The quantitative estimate of drug-likeness (QED) is 0.633. The van der Waals surface area contributed by atoms with Crippen LogP contribution in [0, 0.1) is 5.82 Å². The zero-order valence-electron chi connectivity index (χ0n) is 11.8. The van der Waals surface area contributed by atoms with Crippen molar-refractivity contribution in [2.24, 2.45) is 5.84 Å². The molecular weight excluding hydrogens is 291 g/mol. The second kappa shape index (κ2) is 7.41. The van der Waals surface area contributed by atoms with Gasteiger partial charge in [0.15, 0.2) is 0 Å². The molecule has 21 heavy (non-hydrogen) atoms. The second-order valence-corrected chi connectivity index (χ2v) is 5.10. The molecule has 2 aromatic rings. The third-order valence-corrected chi connectivity index (χ3v) is 3.44. The van der Waals surface area contributed by atoms with Crippen LogP contribution in [0.15, 0.2) is 42.5 Å². The Labute approximate surface area is 128 Å². The van der Waals surface area contributed by atoms with Crippen molar-refractivity contribution < 1.29 is 9.13 Å². The molecule has 0 saturated carbocycles. The van der Waals surface area contributed by atoms with E-state index in [0.717, 1.165) is 11.3 Å². The van der Waals surface area contributed by atoms with Crippen molar-refractivity contribution in [3.63, 3.8) is 0 Å². The number of hydrogen-bond acceptors (Lipinski definition) is 3. The van der Waals surface area contributed by atoms with Crippen molar-refractivity contribution in [3.8, 4) is 5.75 Å². The molecule has 5 heteroatoms. The van der Waals surface area contributed by atoms with Gasteiger partial charge in [0.05, 0.1) is 12.6 Å². The molecule has 2 rings (SSSR count). The molecule has 0 radical (unpaired) electrons. The summed E-state index contributed by atoms with van der Waals surface area (Å²) in [6.07, 6.45) is 0.401. The summed E-state index contributed by atoms with van der Waals surface area (Å²) in [5.74, 6) is 6.09. The van der Waals surface area contributed by atoms with Gasteiger partial charge in [-0.05, 0) is 54.8 Å². The van der Waals surface area contributed by atoms with E-state index in [-0.39, 0.29) is 11.9 Å². The molecule has 0 aliphatic carbocycles. The topological polar surface area (TPSA) is 47.3 Å². The number of nitrogens with two attached hydrogens (primary N) is 1. The van der Waals surface area contributed by atoms with E-state index in [0.29, 0.717) is 23.6 Å². The van der Waals surface area contributed by atoms with Crippen LogP contribution >= 0.6 is 11.6 Å². The van der Waals surface area contributed by atoms with Crippen LogP contribution in [0.3, 0.4) is 0 Å². The van der Waals surface area contributed by atoms with E-state index in [1.54, 1.807) is 6.07 Å². The third kappa shape index (κ3) is 4.17. The highest BCUT2D eigenvalue weighted by Crippen LogP contribution is 2.24. The molecule has 0 bridgehead atoms. The van der Waals surface area contributed by atoms with Gasteiger partial charge in [0, 0.05) is 5.02 Å². The first-order chi connectivity index (χ1) is 10.1. The standard InChI is InChI=1S/C16H18ClFN2O/c1-2-21-14-5-3-4-11(9-14)16(20-19)10-12-8-13(17)6-7-15(12)18/h3-9,16,20H,2,10,19H2,1H3. The van der Waals surface area contributed by atoms with Crippen LogP contribution in [0.4, 0.5) is 4.39 Å². The van der Waals surface area contributed by atoms with Gasteiger partial charge in [-0.2, -0.15) is 0 Å². The Hall–Kier alpha value is -1.62. The van der Waals surface area contributed by atoms with Crippen LogP contribution in [-0.4, -0.2) is 6.61 Å². The largest absolute Gasteiger partial charge is 0.494 e. The van der Waals surface area contributed by atoms with Crippen molar-refractivity contribution in [2.45, 2.75) is 19.4 Å². The van der Waals surface area contributed by atoms with Crippen LogP contribution < -0.4 is 16.0 Å². The molecule has 0 aliphatic heterocycles. The average molecular weight is 309 g/mol. The number of rotatable bonds is 6. The SMILES string of the molecule is CCOc1cccc(C(Cc2cc(Cl)ccc2F)NN)c1. The van der Waals surface area contributed by atoms with Gasteiger partial charge in [0.1, 0.15) is 11.6 Å². The molecule has 0 heterocycles. The zero-order valence-corrected chi connectivity index (χ0v) is 12.5. The molecule has 1 unspecified atom stereocenters. The Kier molecular flexibility index (Phi) is 5.56. The summed E-state index contributed by atoms with van der Waals surface area (Å²) in [6, 6.07) is 11.9. The summed E-state index contributed by atoms with van der Waals surface area (Å²) >= 11 is 5.92. The van der Waals surface area contributed by atoms with Crippen molar-refractivity contribution in [3.05, 3.63) is 64.4 Å². The Morgan fingerprint density at radius 2 is 2.10 bits per heavy atom. The molecule has 112 valence electrons. The van der Waals surface area contributed by atoms with Gasteiger partial charge in [0.2, 0.25) is 0 Å². The van der Waals surface area contributed by atoms with Gasteiger partial charge in [0.25, 0.3) is 0 Å². The lowest BCUT2D eigenvalue weighted by Crippen LogP contribution is -2.29. The Balaban J connectivity index is 2.23. The minimum atomic E-state index is -0.291. The van der Waals surface area contributed by atoms with E-state index in [1.165, 1.54) is 12.1 Å². The lowest BCUT2D eigenvalue weighted by molar-refractivity contribution is 0.339. The number of hydrogen-bond donors (Lipinski definition) is 2. The molecule has 0 amide bonds. The molecule has 3 N–H and O–H groups in total. The minimum Gasteiger partial charge on any atom is -0.494 e. The smallest absolute Gasteiger partial charge is 0.126 e. The fraction of sp³-hybridized carbons (Fsp3) is 0.250. The van der Waals surface area contributed by atoms with Gasteiger partial charge in [-0.1, -0.05) is 23.7 Å². The van der Waals surface area contributed by atoms with Crippen LogP contribution in [-0.2, 0) is 6.42 Å². The van der Waals surface area contributed by atoms with Gasteiger partial charge in [-0.25, -0.2) is 4.39 Å². The van der Waals surface area contributed by atoms with Crippen molar-refractivity contribution in [1.29, 1.82) is 0 Å². The highest BCUT2D eigenvalue weighted by Gasteiger charge is 2.14. The number of benzene rings is 2. The fourth-order valence-corrected chi connectivity index (χ4v) is 2.38. The van der Waals surface area contributed by atoms with Gasteiger partial charge < -0.3 is 4.74 Å². The highest BCUT2D eigenvalue weighted by atomic mass is 35.5. The first-order valence-electron chi connectivity index (χ1n) is 6.77. The third-order valence-electron chi connectivity index (χ3n) is 3.20. The van der Waals surface area contributed by atoms with Crippen LogP contribution in [0.5, 0.6) is 5.75 Å². The Bertz CT molecular complexity index is 607. The number of hydrazine groups is 1. The summed E-state index contributed by atoms with van der Waals surface area (Å²) in [7, 11) is 0. The van der Waals surface area contributed by atoms with Crippen LogP contribution in [0.1, 0.15) is 24.1 Å². The van der Waals surface area contributed by atoms with E-state index >= 15 is 0 Å². The summed E-state index contributed by atoms with van der Waals surface area (Å²) < 4.78 is 19.3. The van der Waals surface area contributed by atoms with Gasteiger partial charge in [-0.15, -0.1) is 0 Å². The molecule has 0 aromatic heterocycles. The van der Waals surface area contributed by atoms with Gasteiger partial charge >= 0.3 is 0 Å². The maximum absolute atomic E-state index is 13.8. The summed E-state index contributed by atoms with van der Waals surface area (Å²) in [6.45, 7) is 2.51. The maximum Gasteiger partial charge on any atom is 0.126 e. The number of ether oxygens (including phenoxy) is 1.